The molecule has 0 aromatic heterocycles. The number of nitrogens with zero attached hydrogens (tertiary/aromatic N) is 1. The van der Waals surface area contributed by atoms with Gasteiger partial charge in [0.1, 0.15) is 13.2 Å². The molecule has 0 bridgehead atoms. The summed E-state index contributed by atoms with van der Waals surface area (Å²) in [6.07, 6.45) is 1.64. The highest BCUT2D eigenvalue weighted by Crippen LogP contribution is 2.40. The molecule has 1 N–H and O–H groups in total. The van der Waals surface area contributed by atoms with Crippen LogP contribution < -0.4 is 19.1 Å². The lowest BCUT2D eigenvalue weighted by atomic mass is 9.88. The van der Waals surface area contributed by atoms with Gasteiger partial charge in [0.25, 0.3) is 0 Å². The fraction of sp³-hybridized carbons (Fsp3) is 0.308. The molecular weight excluding hydrogens is 543 g/mol. The van der Waals surface area contributed by atoms with Crippen LogP contribution in [0.2, 0.25) is 15.1 Å². The Morgan fingerprint density at radius 3 is 2.33 bits per heavy atom. The molecule has 10 heteroatoms. The highest BCUT2D eigenvalue weighted by Gasteiger charge is 2.32. The van der Waals surface area contributed by atoms with Crippen molar-refractivity contribution < 1.29 is 17.9 Å². The van der Waals surface area contributed by atoms with E-state index < -0.39 is 10.0 Å². The molecule has 1 saturated heterocycles. The molecule has 0 aliphatic carbocycles. The first-order valence-electron chi connectivity index (χ1n) is 11.7. The van der Waals surface area contributed by atoms with Crippen LogP contribution in [-0.4, -0.2) is 34.7 Å². The van der Waals surface area contributed by atoms with Gasteiger partial charge in [-0.2, -0.15) is 0 Å². The average Bonchev–Trinajstić information content (AvgIpc) is 2.88. The smallest absolute Gasteiger partial charge is 0.240 e. The molecule has 190 valence electrons. The molecule has 0 spiro atoms. The van der Waals surface area contributed by atoms with Crippen LogP contribution in [0.3, 0.4) is 0 Å². The van der Waals surface area contributed by atoms with Crippen LogP contribution in [0.25, 0.3) is 0 Å². The molecule has 0 unspecified atom stereocenters. The first-order chi connectivity index (χ1) is 17.3. The Hall–Kier alpha value is -2.16. The second-order valence-corrected chi connectivity index (χ2v) is 12.0. The zero-order valence-electron chi connectivity index (χ0n) is 19.3. The number of nitrogens with one attached hydrogen (secondary N) is 1. The lowest BCUT2D eigenvalue weighted by Gasteiger charge is -2.42. The van der Waals surface area contributed by atoms with Crippen LogP contribution >= 0.6 is 34.8 Å². The Kier molecular flexibility index (Phi) is 7.56. The van der Waals surface area contributed by atoms with Gasteiger partial charge in [-0.25, -0.2) is 13.1 Å². The molecule has 1 fully saturated rings. The second-order valence-electron chi connectivity index (χ2n) is 8.91. The zero-order chi connectivity index (χ0) is 25.3. The lowest BCUT2D eigenvalue weighted by Crippen LogP contribution is -2.42. The summed E-state index contributed by atoms with van der Waals surface area (Å²) in [4.78, 5) is 2.42. The van der Waals surface area contributed by atoms with E-state index >= 15 is 0 Å². The molecule has 0 saturated carbocycles. The molecule has 3 aromatic carbocycles. The Balaban J connectivity index is 1.34. The number of halogens is 3. The molecule has 36 heavy (non-hydrogen) atoms. The van der Waals surface area contributed by atoms with E-state index in [1.165, 1.54) is 12.1 Å². The molecule has 2 aliphatic heterocycles. The first kappa shape index (κ1) is 25.5. The van der Waals surface area contributed by atoms with Crippen molar-refractivity contribution in [3.8, 4) is 11.5 Å². The number of ether oxygens (including phenoxy) is 2. The van der Waals surface area contributed by atoms with Gasteiger partial charge in [-0.1, -0.05) is 40.9 Å². The van der Waals surface area contributed by atoms with Crippen LogP contribution in [0.1, 0.15) is 24.4 Å². The number of anilines is 1. The maximum absolute atomic E-state index is 13.0. The topological polar surface area (TPSA) is 67.9 Å². The van der Waals surface area contributed by atoms with E-state index in [-0.39, 0.29) is 16.9 Å². The highest BCUT2D eigenvalue weighted by molar-refractivity contribution is 7.89. The number of hydrogen-bond acceptors (Lipinski definition) is 5. The molecular formula is C26H25Cl3N2O4S. The third-order valence-corrected chi connectivity index (χ3v) is 8.78. The minimum Gasteiger partial charge on any atom is -0.486 e. The quantitative estimate of drug-likeness (QED) is 0.376. The minimum absolute atomic E-state index is 0.0293. The van der Waals surface area contributed by atoms with Gasteiger partial charge in [-0.3, -0.25) is 0 Å². The number of benzene rings is 3. The summed E-state index contributed by atoms with van der Waals surface area (Å²) in [6, 6.07) is 17.9. The molecule has 6 nitrogen and oxygen atoms in total. The summed E-state index contributed by atoms with van der Waals surface area (Å²) >= 11 is 18.8. The van der Waals surface area contributed by atoms with Crippen molar-refractivity contribution in [2.24, 2.45) is 5.92 Å². The third kappa shape index (κ3) is 5.55. The van der Waals surface area contributed by atoms with Crippen molar-refractivity contribution in [3.63, 3.8) is 0 Å². The van der Waals surface area contributed by atoms with Gasteiger partial charge in [0.15, 0.2) is 11.5 Å². The van der Waals surface area contributed by atoms with E-state index in [0.29, 0.717) is 52.9 Å². The van der Waals surface area contributed by atoms with Gasteiger partial charge < -0.3 is 14.4 Å². The van der Waals surface area contributed by atoms with E-state index in [1.54, 1.807) is 12.1 Å². The summed E-state index contributed by atoms with van der Waals surface area (Å²) in [6.45, 7) is 1.80. The highest BCUT2D eigenvalue weighted by atomic mass is 35.5. The van der Waals surface area contributed by atoms with Crippen LogP contribution in [0.15, 0.2) is 65.6 Å². The largest absolute Gasteiger partial charge is 0.486 e. The van der Waals surface area contributed by atoms with Crippen molar-refractivity contribution in [1.82, 2.24) is 4.72 Å². The van der Waals surface area contributed by atoms with Gasteiger partial charge in [0.2, 0.25) is 10.0 Å². The number of sulfonamides is 1. The minimum atomic E-state index is -3.72. The molecule has 2 atom stereocenters. The van der Waals surface area contributed by atoms with Gasteiger partial charge in [0, 0.05) is 39.9 Å². The Bertz CT molecular complexity index is 1350. The maximum Gasteiger partial charge on any atom is 0.240 e. The van der Waals surface area contributed by atoms with Crippen LogP contribution in [0.5, 0.6) is 11.5 Å². The number of piperidine rings is 1. The lowest BCUT2D eigenvalue weighted by molar-refractivity contribution is 0.171. The standard InChI is InChI=1S/C26H25Cl3N2O4S/c27-18-2-5-20(6-3-18)31-16-17(1-9-24(31)22-8-4-19(28)13-23(22)29)15-30-36(32,33)21-7-10-25-26(14-21)35-12-11-34-25/h2-8,10,13-14,17,24,30H,1,9,11-12,15-16H2/t17-,24-/m1/s1. The second kappa shape index (κ2) is 10.7. The van der Waals surface area contributed by atoms with Gasteiger partial charge in [0.05, 0.1) is 10.9 Å². The molecule has 2 heterocycles. The maximum atomic E-state index is 13.0. The molecule has 2 aliphatic rings. The van der Waals surface area contributed by atoms with E-state index in [1.807, 2.05) is 36.4 Å². The molecule has 0 amide bonds. The number of hydrogen-bond donors (Lipinski definition) is 1. The first-order valence-corrected chi connectivity index (χ1v) is 14.3. The normalized spacial score (nSPS) is 19.8. The van der Waals surface area contributed by atoms with E-state index in [9.17, 15) is 8.42 Å². The van der Waals surface area contributed by atoms with Gasteiger partial charge in [-0.15, -0.1) is 0 Å². The number of fused-ring (bicyclic) bond motifs is 1. The summed E-state index contributed by atoms with van der Waals surface area (Å²) in [5, 5.41) is 1.86. The third-order valence-electron chi connectivity index (χ3n) is 6.55. The van der Waals surface area contributed by atoms with Crippen molar-refractivity contribution >= 4 is 50.5 Å². The monoisotopic (exact) mass is 566 g/mol. The van der Waals surface area contributed by atoms with Crippen molar-refractivity contribution in [3.05, 3.63) is 81.3 Å². The van der Waals surface area contributed by atoms with E-state index in [2.05, 4.69) is 9.62 Å². The summed E-state index contributed by atoms with van der Waals surface area (Å²) < 4.78 is 39.9. The SMILES string of the molecule is O=S(=O)(NC[C@H]1CC[C@H](c2ccc(Cl)cc2Cl)N(c2ccc(Cl)cc2)C1)c1ccc2c(c1)OCCO2. The van der Waals surface area contributed by atoms with Crippen molar-refractivity contribution in [1.29, 1.82) is 0 Å². The fourth-order valence-electron chi connectivity index (χ4n) is 4.73. The van der Waals surface area contributed by atoms with Gasteiger partial charge in [-0.05, 0) is 72.9 Å². The predicted octanol–water partition coefficient (Wildman–Crippen LogP) is 6.35. The predicted molar refractivity (Wildman–Crippen MR) is 143 cm³/mol. The average molecular weight is 568 g/mol. The van der Waals surface area contributed by atoms with Crippen molar-refractivity contribution in [2.75, 3.05) is 31.2 Å². The van der Waals surface area contributed by atoms with Crippen molar-refractivity contribution in [2.45, 2.75) is 23.8 Å². The van der Waals surface area contributed by atoms with E-state index in [4.69, 9.17) is 44.3 Å². The van der Waals surface area contributed by atoms with Crippen LogP contribution in [0, 0.1) is 5.92 Å². The summed E-state index contributed by atoms with van der Waals surface area (Å²) in [5.41, 5.74) is 1.99. The fourth-order valence-corrected chi connectivity index (χ4v) is 6.52. The van der Waals surface area contributed by atoms with Crippen LogP contribution in [-0.2, 0) is 10.0 Å². The molecule has 3 aromatic rings. The van der Waals surface area contributed by atoms with E-state index in [0.717, 1.165) is 24.1 Å². The Morgan fingerprint density at radius 2 is 1.58 bits per heavy atom. The molecule has 0 radical (unpaired) electrons. The Labute approximate surface area is 226 Å². The number of rotatable bonds is 6. The Morgan fingerprint density at radius 1 is 0.861 bits per heavy atom. The summed E-state index contributed by atoms with van der Waals surface area (Å²) in [5.74, 6) is 1.09. The van der Waals surface area contributed by atoms with Crippen LogP contribution in [0.4, 0.5) is 5.69 Å². The zero-order valence-corrected chi connectivity index (χ0v) is 22.4. The van der Waals surface area contributed by atoms with Gasteiger partial charge >= 0.3 is 0 Å². The summed E-state index contributed by atoms with van der Waals surface area (Å²) in [7, 11) is -3.72. The molecule has 5 rings (SSSR count).